The summed E-state index contributed by atoms with van der Waals surface area (Å²) in [5.74, 6) is 0.767. The summed E-state index contributed by atoms with van der Waals surface area (Å²) in [4.78, 5) is 13.4. The number of methoxy groups -OCH3 is 1. The van der Waals surface area contributed by atoms with E-state index in [0.717, 1.165) is 35.3 Å². The molecule has 2 aliphatic rings. The number of ether oxygens (including phenoxy) is 2. The van der Waals surface area contributed by atoms with Gasteiger partial charge < -0.3 is 19.9 Å². The Balaban J connectivity index is 1.56. The van der Waals surface area contributed by atoms with Gasteiger partial charge in [0, 0.05) is 13.2 Å². The maximum Gasteiger partial charge on any atom is 0.230 e. The molecule has 0 aromatic heterocycles. The third kappa shape index (κ3) is 3.77. The molecular formula is C24H29NO4. The van der Waals surface area contributed by atoms with E-state index in [9.17, 15) is 9.90 Å². The summed E-state index contributed by atoms with van der Waals surface area (Å²) < 4.78 is 10.9. The summed E-state index contributed by atoms with van der Waals surface area (Å²) in [7, 11) is 1.65. The van der Waals surface area contributed by atoms with Crippen LogP contribution < -0.4 is 10.1 Å². The Kier molecular flexibility index (Phi) is 5.61. The number of amides is 1. The highest BCUT2D eigenvalue weighted by Crippen LogP contribution is 2.38. The SMILES string of the molecule is COc1ccc2c(c1)CCC[C@@]2(O)CNC(=O)C1(c2ccccc2)CCOCC1. The van der Waals surface area contributed by atoms with Gasteiger partial charge in [-0.3, -0.25) is 4.79 Å². The molecule has 29 heavy (non-hydrogen) atoms. The maximum absolute atomic E-state index is 13.4. The van der Waals surface area contributed by atoms with E-state index in [2.05, 4.69) is 5.32 Å². The standard InChI is InChI=1S/C24H29NO4/c1-28-20-9-10-21-18(16-20)6-5-11-24(21,27)17-25-22(26)23(12-14-29-15-13-23)19-7-3-2-4-8-19/h2-4,7-10,16,27H,5-6,11-15,17H2,1H3,(H,25,26)/t24-/m1/s1. The van der Waals surface area contributed by atoms with Crippen LogP contribution in [0, 0.1) is 0 Å². The van der Waals surface area contributed by atoms with Gasteiger partial charge in [0.2, 0.25) is 5.91 Å². The molecular weight excluding hydrogens is 366 g/mol. The number of benzene rings is 2. The Morgan fingerprint density at radius 3 is 2.62 bits per heavy atom. The minimum atomic E-state index is -1.06. The van der Waals surface area contributed by atoms with Crippen LogP contribution in [0.3, 0.4) is 0 Å². The quantitative estimate of drug-likeness (QED) is 0.816. The molecule has 1 saturated heterocycles. The lowest BCUT2D eigenvalue weighted by Crippen LogP contribution is -2.52. The molecule has 0 unspecified atom stereocenters. The summed E-state index contributed by atoms with van der Waals surface area (Å²) in [6.07, 6.45) is 3.72. The number of carbonyl (C=O) groups is 1. The minimum Gasteiger partial charge on any atom is -0.497 e. The first-order valence-corrected chi connectivity index (χ1v) is 10.4. The predicted octanol–water partition coefficient (Wildman–Crippen LogP) is 3.08. The van der Waals surface area contributed by atoms with Crippen LogP contribution in [0.2, 0.25) is 0 Å². The molecule has 2 aromatic carbocycles. The van der Waals surface area contributed by atoms with Crippen LogP contribution in [0.5, 0.6) is 5.75 Å². The number of hydrogen-bond acceptors (Lipinski definition) is 4. The molecule has 0 saturated carbocycles. The minimum absolute atomic E-state index is 0.0268. The summed E-state index contributed by atoms with van der Waals surface area (Å²) in [5.41, 5.74) is 1.34. The van der Waals surface area contributed by atoms with Gasteiger partial charge in [0.15, 0.2) is 0 Å². The van der Waals surface area contributed by atoms with Gasteiger partial charge in [0.05, 0.1) is 19.1 Å². The van der Waals surface area contributed by atoms with Gasteiger partial charge in [-0.15, -0.1) is 0 Å². The topological polar surface area (TPSA) is 67.8 Å². The van der Waals surface area contributed by atoms with Crippen LogP contribution in [0.25, 0.3) is 0 Å². The molecule has 0 spiro atoms. The number of nitrogens with one attached hydrogen (secondary N) is 1. The molecule has 5 nitrogen and oxygen atoms in total. The Bertz CT molecular complexity index is 860. The fraction of sp³-hybridized carbons (Fsp3) is 0.458. The molecule has 5 heteroatoms. The van der Waals surface area contributed by atoms with Crippen LogP contribution in [0.4, 0.5) is 0 Å². The molecule has 1 fully saturated rings. The van der Waals surface area contributed by atoms with Gasteiger partial charge in [-0.05, 0) is 60.9 Å². The average Bonchev–Trinajstić information content (AvgIpc) is 2.78. The van der Waals surface area contributed by atoms with Crippen LogP contribution in [-0.2, 0) is 27.0 Å². The Labute approximate surface area is 172 Å². The van der Waals surface area contributed by atoms with Crippen molar-refractivity contribution in [2.45, 2.75) is 43.1 Å². The molecule has 1 aliphatic heterocycles. The van der Waals surface area contributed by atoms with Crippen LogP contribution in [0.1, 0.15) is 42.4 Å². The maximum atomic E-state index is 13.4. The first-order valence-electron chi connectivity index (χ1n) is 10.4. The zero-order valence-corrected chi connectivity index (χ0v) is 16.9. The third-order valence-corrected chi connectivity index (χ3v) is 6.50. The lowest BCUT2D eigenvalue weighted by molar-refractivity contribution is -0.132. The van der Waals surface area contributed by atoms with E-state index >= 15 is 0 Å². The summed E-state index contributed by atoms with van der Waals surface area (Å²) in [5, 5.41) is 14.5. The number of hydrogen-bond donors (Lipinski definition) is 2. The summed E-state index contributed by atoms with van der Waals surface area (Å²) in [6, 6.07) is 15.7. The van der Waals surface area contributed by atoms with Gasteiger partial charge in [-0.25, -0.2) is 0 Å². The highest BCUT2D eigenvalue weighted by molar-refractivity contribution is 5.88. The van der Waals surface area contributed by atoms with E-state index in [4.69, 9.17) is 9.47 Å². The van der Waals surface area contributed by atoms with E-state index in [-0.39, 0.29) is 12.5 Å². The highest BCUT2D eigenvalue weighted by atomic mass is 16.5. The van der Waals surface area contributed by atoms with E-state index in [1.54, 1.807) is 7.11 Å². The molecule has 2 aromatic rings. The lowest BCUT2D eigenvalue weighted by atomic mass is 9.73. The Hall–Kier alpha value is -2.37. The van der Waals surface area contributed by atoms with Crippen LogP contribution in [0.15, 0.2) is 48.5 Å². The first kappa shape index (κ1) is 19.9. The Morgan fingerprint density at radius 1 is 1.14 bits per heavy atom. The Morgan fingerprint density at radius 2 is 1.90 bits per heavy atom. The second-order valence-corrected chi connectivity index (χ2v) is 8.15. The molecule has 1 atom stereocenters. The smallest absolute Gasteiger partial charge is 0.230 e. The van der Waals surface area contributed by atoms with Crippen molar-refractivity contribution in [3.8, 4) is 5.75 Å². The van der Waals surface area contributed by atoms with Gasteiger partial charge in [-0.2, -0.15) is 0 Å². The molecule has 1 heterocycles. The van der Waals surface area contributed by atoms with E-state index < -0.39 is 11.0 Å². The van der Waals surface area contributed by atoms with Crippen molar-refractivity contribution in [3.05, 3.63) is 65.2 Å². The molecule has 1 amide bonds. The number of carbonyl (C=O) groups excluding carboxylic acids is 1. The van der Waals surface area contributed by atoms with E-state index in [0.29, 0.717) is 32.5 Å². The van der Waals surface area contributed by atoms with Gasteiger partial charge >= 0.3 is 0 Å². The highest BCUT2D eigenvalue weighted by Gasteiger charge is 2.43. The molecule has 1 aliphatic carbocycles. The predicted molar refractivity (Wildman–Crippen MR) is 111 cm³/mol. The zero-order valence-electron chi connectivity index (χ0n) is 16.9. The number of aryl methyl sites for hydroxylation is 1. The van der Waals surface area contributed by atoms with Gasteiger partial charge in [0.25, 0.3) is 0 Å². The van der Waals surface area contributed by atoms with Crippen molar-refractivity contribution in [2.24, 2.45) is 0 Å². The zero-order chi connectivity index (χ0) is 20.3. The summed E-state index contributed by atoms with van der Waals surface area (Å²) in [6.45, 7) is 1.34. The number of rotatable bonds is 5. The molecule has 0 bridgehead atoms. The largest absolute Gasteiger partial charge is 0.497 e. The number of fused-ring (bicyclic) bond motifs is 1. The van der Waals surface area contributed by atoms with Crippen molar-refractivity contribution >= 4 is 5.91 Å². The number of aliphatic hydroxyl groups is 1. The second kappa shape index (κ2) is 8.17. The van der Waals surface area contributed by atoms with E-state index in [1.807, 2.05) is 48.5 Å². The summed E-state index contributed by atoms with van der Waals surface area (Å²) >= 11 is 0. The monoisotopic (exact) mass is 395 g/mol. The lowest BCUT2D eigenvalue weighted by Gasteiger charge is -2.39. The van der Waals surface area contributed by atoms with Crippen molar-refractivity contribution in [2.75, 3.05) is 26.9 Å². The third-order valence-electron chi connectivity index (χ3n) is 6.50. The molecule has 154 valence electrons. The first-order chi connectivity index (χ1) is 14.1. The molecule has 4 rings (SSSR count). The van der Waals surface area contributed by atoms with Crippen LogP contribution >= 0.6 is 0 Å². The van der Waals surface area contributed by atoms with Crippen molar-refractivity contribution in [3.63, 3.8) is 0 Å². The van der Waals surface area contributed by atoms with E-state index in [1.165, 1.54) is 0 Å². The average molecular weight is 395 g/mol. The van der Waals surface area contributed by atoms with Gasteiger partial charge in [-0.1, -0.05) is 36.4 Å². The van der Waals surface area contributed by atoms with Crippen molar-refractivity contribution in [1.29, 1.82) is 0 Å². The second-order valence-electron chi connectivity index (χ2n) is 8.15. The fourth-order valence-electron chi connectivity index (χ4n) is 4.77. The molecule has 2 N–H and O–H groups in total. The normalized spacial score (nSPS) is 23.1. The fourth-order valence-corrected chi connectivity index (χ4v) is 4.77. The van der Waals surface area contributed by atoms with Crippen molar-refractivity contribution in [1.82, 2.24) is 5.32 Å². The van der Waals surface area contributed by atoms with Gasteiger partial charge in [0.1, 0.15) is 11.4 Å². The molecule has 0 radical (unpaired) electrons. The van der Waals surface area contributed by atoms with Crippen LogP contribution in [-0.4, -0.2) is 37.9 Å². The van der Waals surface area contributed by atoms with Crippen molar-refractivity contribution < 1.29 is 19.4 Å².